The van der Waals surface area contributed by atoms with E-state index in [2.05, 4.69) is 46.0 Å². The zero-order chi connectivity index (χ0) is 16.2. The number of ether oxygens (including phenoxy) is 1. The van der Waals surface area contributed by atoms with E-state index in [4.69, 9.17) is 9.72 Å². The highest BCUT2D eigenvalue weighted by Crippen LogP contribution is 2.40. The second kappa shape index (κ2) is 4.79. The molecular weight excluding hydrogens is 306 g/mol. The zero-order valence-corrected chi connectivity index (χ0v) is 15.1. The van der Waals surface area contributed by atoms with Crippen molar-refractivity contribution in [3.8, 4) is 11.5 Å². The maximum Gasteiger partial charge on any atom is 0.208 e. The van der Waals surface area contributed by atoms with Gasteiger partial charge in [-0.15, -0.1) is 5.54 Å². The van der Waals surface area contributed by atoms with Crippen LogP contribution in [0.2, 0.25) is 19.6 Å². The summed E-state index contributed by atoms with van der Waals surface area (Å²) < 4.78 is 7.29. The lowest BCUT2D eigenvalue weighted by atomic mass is 9.78. The summed E-state index contributed by atoms with van der Waals surface area (Å²) in [5.74, 6) is 4.69. The second-order valence-electron chi connectivity index (χ2n) is 7.75. The van der Waals surface area contributed by atoms with Gasteiger partial charge in [0.25, 0.3) is 0 Å². The number of nitrogens with zero attached hydrogens (tertiary/aromatic N) is 5. The normalized spacial score (nSPS) is 19.2. The Balaban J connectivity index is 1.74. The van der Waals surface area contributed by atoms with Crippen LogP contribution < -0.4 is 4.90 Å². The minimum Gasteiger partial charge on any atom is -0.380 e. The highest BCUT2D eigenvalue weighted by Gasteiger charge is 2.50. The standard InChI is InChI=1S/C16H21N5OSi/c1-20-11-17-13-14(20)18-12(5-6-23(2,3)4)19-15(13)21-7-16(8-21)9-22-10-16/h11H,7-10H2,1-4H3. The SMILES string of the molecule is Cn1cnc2c(N3CC4(COC4)C3)nc(C#C[Si](C)(C)C)nc21. The van der Waals surface area contributed by atoms with Gasteiger partial charge in [-0.2, -0.15) is 0 Å². The maximum absolute atomic E-state index is 5.36. The van der Waals surface area contributed by atoms with Gasteiger partial charge in [0.2, 0.25) is 5.82 Å². The summed E-state index contributed by atoms with van der Waals surface area (Å²) in [4.78, 5) is 16.1. The Morgan fingerprint density at radius 2 is 1.96 bits per heavy atom. The molecule has 2 aliphatic rings. The van der Waals surface area contributed by atoms with Crippen LogP contribution in [-0.4, -0.2) is 53.9 Å². The lowest BCUT2D eigenvalue weighted by Crippen LogP contribution is -2.66. The van der Waals surface area contributed by atoms with Crippen LogP contribution in [0.5, 0.6) is 0 Å². The molecule has 0 aliphatic carbocycles. The molecule has 7 heteroatoms. The fourth-order valence-electron chi connectivity index (χ4n) is 3.00. The summed E-state index contributed by atoms with van der Waals surface area (Å²) in [6.45, 7) is 10.4. The van der Waals surface area contributed by atoms with Gasteiger partial charge in [-0.1, -0.05) is 19.6 Å². The van der Waals surface area contributed by atoms with Crippen molar-refractivity contribution in [2.75, 3.05) is 31.2 Å². The Kier molecular flexibility index (Phi) is 3.05. The molecule has 2 aliphatic heterocycles. The van der Waals surface area contributed by atoms with Crippen LogP contribution in [0.25, 0.3) is 11.2 Å². The van der Waals surface area contributed by atoms with E-state index in [1.165, 1.54) is 0 Å². The number of hydrogen-bond donors (Lipinski definition) is 0. The first-order valence-corrected chi connectivity index (χ1v) is 11.4. The van der Waals surface area contributed by atoms with Crippen LogP contribution in [0, 0.1) is 16.9 Å². The quantitative estimate of drug-likeness (QED) is 0.586. The third kappa shape index (κ3) is 2.52. The molecule has 0 aromatic carbocycles. The molecule has 120 valence electrons. The van der Waals surface area contributed by atoms with Crippen LogP contribution in [0.4, 0.5) is 5.82 Å². The molecule has 0 saturated carbocycles. The van der Waals surface area contributed by atoms with Gasteiger partial charge in [0.1, 0.15) is 8.07 Å². The smallest absolute Gasteiger partial charge is 0.208 e. The Bertz CT molecular complexity index is 830. The average molecular weight is 327 g/mol. The lowest BCUT2D eigenvalue weighted by molar-refractivity contribution is -0.127. The van der Waals surface area contributed by atoms with E-state index in [0.29, 0.717) is 11.2 Å². The fourth-order valence-corrected chi connectivity index (χ4v) is 3.49. The van der Waals surface area contributed by atoms with Crippen LogP contribution in [0.3, 0.4) is 0 Å². The number of rotatable bonds is 1. The molecule has 2 saturated heterocycles. The van der Waals surface area contributed by atoms with E-state index in [9.17, 15) is 0 Å². The van der Waals surface area contributed by atoms with Gasteiger partial charge in [0, 0.05) is 20.1 Å². The summed E-state index contributed by atoms with van der Waals surface area (Å²) in [5, 5.41) is 0. The first-order valence-electron chi connectivity index (χ1n) is 7.90. The minimum absolute atomic E-state index is 0.343. The third-order valence-corrected chi connectivity index (χ3v) is 5.13. The maximum atomic E-state index is 5.36. The topological polar surface area (TPSA) is 56.1 Å². The highest BCUT2D eigenvalue weighted by atomic mass is 28.3. The van der Waals surface area contributed by atoms with E-state index in [1.54, 1.807) is 6.33 Å². The summed E-state index contributed by atoms with van der Waals surface area (Å²) in [7, 11) is 0.500. The molecule has 0 amide bonds. The number of aromatic nitrogens is 4. The molecular formula is C16H21N5OSi. The monoisotopic (exact) mass is 327 g/mol. The van der Waals surface area contributed by atoms with Gasteiger partial charge in [-0.25, -0.2) is 15.0 Å². The number of fused-ring (bicyclic) bond motifs is 1. The van der Waals surface area contributed by atoms with Gasteiger partial charge in [0.05, 0.1) is 25.0 Å². The molecule has 0 N–H and O–H groups in total. The van der Waals surface area contributed by atoms with Crippen LogP contribution in [0.1, 0.15) is 5.82 Å². The average Bonchev–Trinajstić information content (AvgIpc) is 2.74. The van der Waals surface area contributed by atoms with Crippen molar-refractivity contribution in [2.45, 2.75) is 19.6 Å². The van der Waals surface area contributed by atoms with E-state index in [0.717, 1.165) is 43.3 Å². The number of imidazole rings is 1. The van der Waals surface area contributed by atoms with Gasteiger partial charge < -0.3 is 14.2 Å². The van der Waals surface area contributed by atoms with Crippen molar-refractivity contribution in [2.24, 2.45) is 12.5 Å². The third-order valence-electron chi connectivity index (χ3n) is 4.26. The van der Waals surface area contributed by atoms with Crippen LogP contribution in [0.15, 0.2) is 6.33 Å². The summed E-state index contributed by atoms with van der Waals surface area (Å²) >= 11 is 0. The molecule has 4 heterocycles. The van der Waals surface area contributed by atoms with Crippen LogP contribution >= 0.6 is 0 Å². The van der Waals surface area contributed by atoms with Gasteiger partial charge in [-0.05, 0) is 5.92 Å². The van der Waals surface area contributed by atoms with Crippen molar-refractivity contribution in [1.82, 2.24) is 19.5 Å². The van der Waals surface area contributed by atoms with Crippen molar-refractivity contribution in [1.29, 1.82) is 0 Å². The zero-order valence-electron chi connectivity index (χ0n) is 14.1. The first-order chi connectivity index (χ1) is 10.9. The Labute approximate surface area is 136 Å². The van der Waals surface area contributed by atoms with E-state index >= 15 is 0 Å². The number of aryl methyl sites for hydroxylation is 1. The molecule has 0 atom stereocenters. The number of anilines is 1. The predicted molar refractivity (Wildman–Crippen MR) is 92.0 cm³/mol. The van der Waals surface area contributed by atoms with Gasteiger partial charge in [-0.3, -0.25) is 0 Å². The Hall–Kier alpha value is -1.91. The van der Waals surface area contributed by atoms with E-state index in [-0.39, 0.29) is 0 Å². The summed E-state index contributed by atoms with van der Waals surface area (Å²) in [6.07, 6.45) is 1.79. The van der Waals surface area contributed by atoms with Crippen molar-refractivity contribution < 1.29 is 4.74 Å². The molecule has 2 aromatic heterocycles. The molecule has 4 rings (SSSR count). The summed E-state index contributed by atoms with van der Waals surface area (Å²) in [5.41, 5.74) is 5.40. The van der Waals surface area contributed by atoms with Crippen molar-refractivity contribution in [3.05, 3.63) is 12.2 Å². The van der Waals surface area contributed by atoms with Crippen molar-refractivity contribution in [3.63, 3.8) is 0 Å². The van der Waals surface area contributed by atoms with E-state index < -0.39 is 8.07 Å². The summed E-state index contributed by atoms with van der Waals surface area (Å²) in [6, 6.07) is 0. The first kappa shape index (κ1) is 14.7. The molecule has 6 nitrogen and oxygen atoms in total. The molecule has 2 fully saturated rings. The highest BCUT2D eigenvalue weighted by molar-refractivity contribution is 6.83. The molecule has 2 aromatic rings. The fraction of sp³-hybridized carbons (Fsp3) is 0.562. The molecule has 0 bridgehead atoms. The minimum atomic E-state index is -1.46. The molecule has 23 heavy (non-hydrogen) atoms. The Morgan fingerprint density at radius 1 is 1.22 bits per heavy atom. The number of hydrogen-bond acceptors (Lipinski definition) is 5. The molecule has 1 spiro atoms. The predicted octanol–water partition coefficient (Wildman–Crippen LogP) is 1.43. The molecule has 0 radical (unpaired) electrons. The largest absolute Gasteiger partial charge is 0.380 e. The van der Waals surface area contributed by atoms with Gasteiger partial charge >= 0.3 is 0 Å². The van der Waals surface area contributed by atoms with Crippen molar-refractivity contribution >= 4 is 25.1 Å². The van der Waals surface area contributed by atoms with E-state index in [1.807, 2.05) is 11.6 Å². The van der Waals surface area contributed by atoms with Crippen LogP contribution in [-0.2, 0) is 11.8 Å². The van der Waals surface area contributed by atoms with Gasteiger partial charge in [0.15, 0.2) is 17.0 Å². The molecule has 0 unspecified atom stereocenters. The lowest BCUT2D eigenvalue weighted by Gasteiger charge is -2.55. The second-order valence-corrected chi connectivity index (χ2v) is 12.5. The Morgan fingerprint density at radius 3 is 2.57 bits per heavy atom.